The Labute approximate surface area is 118 Å². The Hall–Kier alpha value is -1.95. The number of hydrogen-bond donors (Lipinski definition) is 0. The maximum Gasteiger partial charge on any atom is 0.208 e. The zero-order chi connectivity index (χ0) is 13.8. The maximum atomic E-state index is 5.30. The average molecular weight is 273 g/mol. The second-order valence-electron chi connectivity index (χ2n) is 5.11. The lowest BCUT2D eigenvalue weighted by Gasteiger charge is -2.36. The minimum atomic E-state index is 0.533. The summed E-state index contributed by atoms with van der Waals surface area (Å²) in [6, 6.07) is 2.49. The quantitative estimate of drug-likeness (QED) is 0.842. The van der Waals surface area contributed by atoms with Crippen LogP contribution >= 0.6 is 0 Å². The summed E-state index contributed by atoms with van der Waals surface area (Å²) in [7, 11) is 2.11. The molecule has 0 radical (unpaired) electrons. The largest absolute Gasteiger partial charge is 0.448 e. The van der Waals surface area contributed by atoms with Crippen molar-refractivity contribution in [1.82, 2.24) is 19.9 Å². The third-order valence-electron chi connectivity index (χ3n) is 3.87. The standard InChI is InChI=1S/C14H19N5O/c1-18(13-2-5-15-11-17-13)12-3-7-19(8-4-12)10-14-16-6-9-20-14/h2,5-6,9,11-12H,3-4,7-8,10H2,1H3. The Morgan fingerprint density at radius 1 is 1.30 bits per heavy atom. The third-order valence-corrected chi connectivity index (χ3v) is 3.87. The van der Waals surface area contributed by atoms with Crippen LogP contribution in [0.3, 0.4) is 0 Å². The van der Waals surface area contributed by atoms with Crippen LogP contribution in [0.5, 0.6) is 0 Å². The van der Waals surface area contributed by atoms with E-state index in [1.165, 1.54) is 0 Å². The number of oxazole rings is 1. The van der Waals surface area contributed by atoms with Gasteiger partial charge in [0.05, 0.1) is 12.7 Å². The van der Waals surface area contributed by atoms with Crippen LogP contribution in [0.4, 0.5) is 5.82 Å². The monoisotopic (exact) mass is 273 g/mol. The van der Waals surface area contributed by atoms with Crippen molar-refractivity contribution >= 4 is 5.82 Å². The Balaban J connectivity index is 1.53. The molecule has 20 heavy (non-hydrogen) atoms. The molecular formula is C14H19N5O. The summed E-state index contributed by atoms with van der Waals surface area (Å²) >= 11 is 0. The molecule has 0 atom stereocenters. The minimum Gasteiger partial charge on any atom is -0.448 e. The Bertz CT molecular complexity index is 508. The number of likely N-dealkylation sites (tertiary alicyclic amines) is 1. The van der Waals surface area contributed by atoms with Crippen molar-refractivity contribution in [2.45, 2.75) is 25.4 Å². The minimum absolute atomic E-state index is 0.533. The van der Waals surface area contributed by atoms with Gasteiger partial charge in [-0.1, -0.05) is 0 Å². The fourth-order valence-electron chi connectivity index (χ4n) is 2.67. The van der Waals surface area contributed by atoms with E-state index in [-0.39, 0.29) is 0 Å². The summed E-state index contributed by atoms with van der Waals surface area (Å²) in [4.78, 5) is 17.1. The molecule has 3 heterocycles. The van der Waals surface area contributed by atoms with Crippen LogP contribution in [0.25, 0.3) is 0 Å². The first-order chi connectivity index (χ1) is 9.83. The highest BCUT2D eigenvalue weighted by Gasteiger charge is 2.23. The van der Waals surface area contributed by atoms with E-state index in [2.05, 4.69) is 31.8 Å². The van der Waals surface area contributed by atoms with Crippen LogP contribution in [0.1, 0.15) is 18.7 Å². The van der Waals surface area contributed by atoms with Crippen molar-refractivity contribution in [3.05, 3.63) is 36.9 Å². The smallest absolute Gasteiger partial charge is 0.208 e. The van der Waals surface area contributed by atoms with Gasteiger partial charge in [0.15, 0.2) is 0 Å². The molecule has 3 rings (SSSR count). The summed E-state index contributed by atoms with van der Waals surface area (Å²) in [5.74, 6) is 1.79. The Morgan fingerprint density at radius 2 is 2.15 bits per heavy atom. The fourth-order valence-corrected chi connectivity index (χ4v) is 2.67. The molecule has 1 fully saturated rings. The van der Waals surface area contributed by atoms with E-state index in [0.29, 0.717) is 6.04 Å². The highest BCUT2D eigenvalue weighted by molar-refractivity contribution is 5.36. The molecule has 0 amide bonds. The van der Waals surface area contributed by atoms with Crippen LogP contribution in [-0.2, 0) is 6.54 Å². The predicted molar refractivity (Wildman–Crippen MR) is 75.2 cm³/mol. The van der Waals surface area contributed by atoms with E-state index in [0.717, 1.165) is 44.2 Å². The topological polar surface area (TPSA) is 58.3 Å². The molecule has 2 aromatic heterocycles. The van der Waals surface area contributed by atoms with Gasteiger partial charge in [-0.15, -0.1) is 0 Å². The predicted octanol–water partition coefficient (Wildman–Crippen LogP) is 1.57. The van der Waals surface area contributed by atoms with Crippen LogP contribution in [0, 0.1) is 0 Å². The third kappa shape index (κ3) is 2.96. The van der Waals surface area contributed by atoms with Gasteiger partial charge in [0.1, 0.15) is 18.4 Å². The first-order valence-corrected chi connectivity index (χ1v) is 6.92. The van der Waals surface area contributed by atoms with Gasteiger partial charge in [0, 0.05) is 32.4 Å². The fraction of sp³-hybridized carbons (Fsp3) is 0.500. The number of aromatic nitrogens is 3. The van der Waals surface area contributed by atoms with E-state index < -0.39 is 0 Å². The van der Waals surface area contributed by atoms with Gasteiger partial charge < -0.3 is 9.32 Å². The first kappa shape index (κ1) is 13.1. The Morgan fingerprint density at radius 3 is 2.80 bits per heavy atom. The van der Waals surface area contributed by atoms with Gasteiger partial charge in [0.2, 0.25) is 5.89 Å². The molecule has 1 aliphatic heterocycles. The SMILES string of the molecule is CN(c1ccncn1)C1CCN(Cc2ncco2)CC1. The molecule has 1 saturated heterocycles. The number of anilines is 1. The molecule has 0 N–H and O–H groups in total. The van der Waals surface area contributed by atoms with Crippen molar-refractivity contribution in [3.63, 3.8) is 0 Å². The van der Waals surface area contributed by atoms with Gasteiger partial charge in [-0.3, -0.25) is 4.90 Å². The van der Waals surface area contributed by atoms with Crippen LogP contribution in [0.2, 0.25) is 0 Å². The zero-order valence-electron chi connectivity index (χ0n) is 11.6. The van der Waals surface area contributed by atoms with E-state index in [1.54, 1.807) is 25.0 Å². The van der Waals surface area contributed by atoms with Gasteiger partial charge in [-0.2, -0.15) is 0 Å². The normalized spacial score (nSPS) is 17.2. The molecule has 1 aliphatic rings. The lowest BCUT2D eigenvalue weighted by molar-refractivity contribution is 0.186. The van der Waals surface area contributed by atoms with Crippen molar-refractivity contribution in [1.29, 1.82) is 0 Å². The highest BCUT2D eigenvalue weighted by Crippen LogP contribution is 2.20. The number of hydrogen-bond acceptors (Lipinski definition) is 6. The summed E-state index contributed by atoms with van der Waals surface area (Å²) in [6.45, 7) is 2.92. The van der Waals surface area contributed by atoms with Crippen molar-refractivity contribution in [2.75, 3.05) is 25.0 Å². The first-order valence-electron chi connectivity index (χ1n) is 6.92. The van der Waals surface area contributed by atoms with E-state index in [9.17, 15) is 0 Å². The van der Waals surface area contributed by atoms with Gasteiger partial charge >= 0.3 is 0 Å². The molecule has 2 aromatic rings. The van der Waals surface area contributed by atoms with Crippen LogP contribution in [0.15, 0.2) is 35.5 Å². The van der Waals surface area contributed by atoms with Gasteiger partial charge in [0.25, 0.3) is 0 Å². The van der Waals surface area contributed by atoms with Crippen molar-refractivity contribution < 1.29 is 4.42 Å². The molecule has 0 aliphatic carbocycles. The molecular weight excluding hydrogens is 254 g/mol. The molecule has 0 spiro atoms. The zero-order valence-corrected chi connectivity index (χ0v) is 11.6. The molecule has 0 bridgehead atoms. The number of piperidine rings is 1. The van der Waals surface area contributed by atoms with Crippen LogP contribution in [-0.4, -0.2) is 46.0 Å². The summed E-state index contributed by atoms with van der Waals surface area (Å²) in [5, 5.41) is 0. The van der Waals surface area contributed by atoms with Crippen LogP contribution < -0.4 is 4.90 Å². The molecule has 6 heteroatoms. The lowest BCUT2D eigenvalue weighted by atomic mass is 10.0. The summed E-state index contributed by atoms with van der Waals surface area (Å²) < 4.78 is 5.30. The molecule has 6 nitrogen and oxygen atoms in total. The van der Waals surface area contributed by atoms with Crippen molar-refractivity contribution in [2.24, 2.45) is 0 Å². The van der Waals surface area contributed by atoms with E-state index in [1.807, 2.05) is 6.07 Å². The van der Waals surface area contributed by atoms with E-state index in [4.69, 9.17) is 4.42 Å². The Kier molecular flexibility index (Phi) is 3.92. The molecule has 0 aromatic carbocycles. The van der Waals surface area contributed by atoms with Crippen molar-refractivity contribution in [3.8, 4) is 0 Å². The molecule has 0 unspecified atom stereocenters. The highest BCUT2D eigenvalue weighted by atomic mass is 16.3. The average Bonchev–Trinajstić information content (AvgIpc) is 3.01. The molecule has 106 valence electrons. The lowest BCUT2D eigenvalue weighted by Crippen LogP contribution is -2.43. The molecule has 0 saturated carbocycles. The second-order valence-corrected chi connectivity index (χ2v) is 5.11. The summed E-state index contributed by atoms with van der Waals surface area (Å²) in [6.07, 6.45) is 8.97. The van der Waals surface area contributed by atoms with Gasteiger partial charge in [-0.25, -0.2) is 15.0 Å². The second kappa shape index (κ2) is 6.00. The summed E-state index contributed by atoms with van der Waals surface area (Å²) in [5.41, 5.74) is 0. The van der Waals surface area contributed by atoms with Gasteiger partial charge in [-0.05, 0) is 18.9 Å². The number of nitrogens with zero attached hydrogens (tertiary/aromatic N) is 5. The number of rotatable bonds is 4. The maximum absolute atomic E-state index is 5.30. The van der Waals surface area contributed by atoms with E-state index >= 15 is 0 Å².